The van der Waals surface area contributed by atoms with Gasteiger partial charge in [-0.2, -0.15) is 0 Å². The smallest absolute Gasteiger partial charge is 0.255 e. The number of likely N-dealkylation sites (tertiary alicyclic amines) is 1. The van der Waals surface area contributed by atoms with E-state index in [0.717, 1.165) is 41.9 Å². The van der Waals surface area contributed by atoms with Gasteiger partial charge in [-0.25, -0.2) is 9.37 Å². The predicted molar refractivity (Wildman–Crippen MR) is 153 cm³/mol. The Bertz CT molecular complexity index is 1530. The van der Waals surface area contributed by atoms with Gasteiger partial charge >= 0.3 is 0 Å². The quantitative estimate of drug-likeness (QED) is 0.345. The average molecular weight is 560 g/mol. The standard InChI is InChI=1S/C31H31ClFN5O2/c32-26-8-2-1-7-25(26)31(40)37-18-16-36(17-19-37)30(39)22-6-5-15-35(20-22)21-29-34-27-9-3-4-10-28(27)38(29)24-13-11-23(33)12-14-24/h1-4,7-14,22H,5-6,15-21H2/t22-/m1/s1. The largest absolute Gasteiger partial charge is 0.339 e. The first-order valence-corrected chi connectivity index (χ1v) is 14.1. The molecule has 9 heteroatoms. The molecular weight excluding hydrogens is 529 g/mol. The highest BCUT2D eigenvalue weighted by Gasteiger charge is 2.33. The molecule has 0 N–H and O–H groups in total. The van der Waals surface area contributed by atoms with Crippen LogP contribution in [0.3, 0.4) is 0 Å². The number of hydrogen-bond acceptors (Lipinski definition) is 4. The third-order valence-electron chi connectivity index (χ3n) is 7.92. The van der Waals surface area contributed by atoms with Crippen molar-refractivity contribution >= 4 is 34.4 Å². The van der Waals surface area contributed by atoms with Gasteiger partial charge in [-0.15, -0.1) is 0 Å². The maximum Gasteiger partial charge on any atom is 0.255 e. The van der Waals surface area contributed by atoms with Gasteiger partial charge in [-0.3, -0.25) is 19.1 Å². The van der Waals surface area contributed by atoms with Crippen molar-refractivity contribution in [3.8, 4) is 5.69 Å². The number of fused-ring (bicyclic) bond motifs is 1. The van der Waals surface area contributed by atoms with Crippen molar-refractivity contribution in [3.63, 3.8) is 0 Å². The van der Waals surface area contributed by atoms with Gasteiger partial charge in [-0.1, -0.05) is 35.9 Å². The van der Waals surface area contributed by atoms with Gasteiger partial charge in [0.05, 0.1) is 34.1 Å². The first kappa shape index (κ1) is 26.5. The first-order chi connectivity index (χ1) is 19.5. The minimum atomic E-state index is -0.277. The van der Waals surface area contributed by atoms with Gasteiger partial charge in [0.2, 0.25) is 5.91 Å². The third-order valence-corrected chi connectivity index (χ3v) is 8.25. The van der Waals surface area contributed by atoms with Crippen molar-refractivity contribution in [2.45, 2.75) is 19.4 Å². The number of amides is 2. The van der Waals surface area contributed by atoms with Crippen LogP contribution in [0.15, 0.2) is 72.8 Å². The molecule has 0 unspecified atom stereocenters. The Morgan fingerprint density at radius 2 is 1.57 bits per heavy atom. The Kier molecular flexibility index (Phi) is 7.54. The summed E-state index contributed by atoms with van der Waals surface area (Å²) in [6.45, 7) is 4.16. The molecule has 2 saturated heterocycles. The Morgan fingerprint density at radius 3 is 2.35 bits per heavy atom. The SMILES string of the molecule is O=C(c1ccccc1Cl)N1CCN(C(=O)[C@@H]2CCCN(Cc3nc4ccccc4n3-c3ccc(F)cc3)C2)CC1. The lowest BCUT2D eigenvalue weighted by molar-refractivity contribution is -0.139. The van der Waals surface area contributed by atoms with Crippen LogP contribution in [-0.4, -0.2) is 75.3 Å². The van der Waals surface area contributed by atoms with Crippen LogP contribution in [0.5, 0.6) is 0 Å². The zero-order valence-electron chi connectivity index (χ0n) is 22.2. The van der Waals surface area contributed by atoms with Crippen LogP contribution in [0.2, 0.25) is 5.02 Å². The molecule has 0 spiro atoms. The zero-order valence-corrected chi connectivity index (χ0v) is 22.9. The number of rotatable bonds is 5. The highest BCUT2D eigenvalue weighted by Crippen LogP contribution is 2.26. The fourth-order valence-corrected chi connectivity index (χ4v) is 6.07. The fraction of sp³-hybridized carbons (Fsp3) is 0.323. The molecule has 206 valence electrons. The second-order valence-electron chi connectivity index (χ2n) is 10.5. The monoisotopic (exact) mass is 559 g/mol. The number of para-hydroxylation sites is 2. The molecule has 0 aliphatic carbocycles. The zero-order chi connectivity index (χ0) is 27.6. The van der Waals surface area contributed by atoms with E-state index in [9.17, 15) is 14.0 Å². The summed E-state index contributed by atoms with van der Waals surface area (Å²) in [7, 11) is 0. The topological polar surface area (TPSA) is 61.7 Å². The number of carbonyl (C=O) groups excluding carboxylic acids is 2. The molecule has 0 bridgehead atoms. The molecule has 1 aromatic heterocycles. The third kappa shape index (κ3) is 5.33. The molecular formula is C31H31ClFN5O2. The summed E-state index contributed by atoms with van der Waals surface area (Å²) in [6.07, 6.45) is 1.78. The van der Waals surface area contributed by atoms with E-state index < -0.39 is 0 Å². The maximum atomic E-state index is 13.6. The molecule has 2 amide bonds. The van der Waals surface area contributed by atoms with E-state index in [1.807, 2.05) is 41.3 Å². The van der Waals surface area contributed by atoms with Crippen LogP contribution < -0.4 is 0 Å². The average Bonchev–Trinajstić information content (AvgIpc) is 3.35. The highest BCUT2D eigenvalue weighted by atomic mass is 35.5. The van der Waals surface area contributed by atoms with Crippen LogP contribution in [-0.2, 0) is 11.3 Å². The van der Waals surface area contributed by atoms with Crippen LogP contribution in [0, 0.1) is 11.7 Å². The lowest BCUT2D eigenvalue weighted by atomic mass is 9.96. The molecule has 1 atom stereocenters. The van der Waals surface area contributed by atoms with Crippen molar-refractivity contribution in [3.05, 3.63) is 95.0 Å². The number of aromatic nitrogens is 2. The Balaban J connectivity index is 1.12. The molecule has 4 aromatic rings. The number of benzene rings is 3. The Hall–Kier alpha value is -3.75. The Labute approximate surface area is 237 Å². The molecule has 2 aliphatic rings. The molecule has 2 fully saturated rings. The highest BCUT2D eigenvalue weighted by molar-refractivity contribution is 6.33. The van der Waals surface area contributed by atoms with Gasteiger partial charge in [0.15, 0.2) is 0 Å². The van der Waals surface area contributed by atoms with E-state index in [0.29, 0.717) is 49.9 Å². The minimum Gasteiger partial charge on any atom is -0.339 e. The normalized spacial score (nSPS) is 18.3. The van der Waals surface area contributed by atoms with Gasteiger partial charge in [0, 0.05) is 38.4 Å². The van der Waals surface area contributed by atoms with Gasteiger partial charge in [0.25, 0.3) is 5.91 Å². The predicted octanol–water partition coefficient (Wildman–Crippen LogP) is 5.01. The van der Waals surface area contributed by atoms with E-state index in [-0.39, 0.29) is 23.5 Å². The van der Waals surface area contributed by atoms with E-state index in [1.54, 1.807) is 29.2 Å². The first-order valence-electron chi connectivity index (χ1n) is 13.7. The second-order valence-corrected chi connectivity index (χ2v) is 10.9. The molecule has 2 aliphatic heterocycles. The number of halogens is 2. The molecule has 3 heterocycles. The second kappa shape index (κ2) is 11.4. The number of hydrogen-bond donors (Lipinski definition) is 0. The van der Waals surface area contributed by atoms with Crippen molar-refractivity contribution in [2.75, 3.05) is 39.3 Å². The molecule has 3 aromatic carbocycles. The van der Waals surface area contributed by atoms with E-state index >= 15 is 0 Å². The maximum absolute atomic E-state index is 13.6. The van der Waals surface area contributed by atoms with Gasteiger partial charge in [0.1, 0.15) is 11.6 Å². The number of piperidine rings is 1. The van der Waals surface area contributed by atoms with Crippen molar-refractivity contribution in [1.29, 1.82) is 0 Å². The summed E-state index contributed by atoms with van der Waals surface area (Å²) in [5.41, 5.74) is 3.21. The van der Waals surface area contributed by atoms with Crippen molar-refractivity contribution < 1.29 is 14.0 Å². The summed E-state index contributed by atoms with van der Waals surface area (Å²) < 4.78 is 15.7. The van der Waals surface area contributed by atoms with Crippen LogP contribution in [0.4, 0.5) is 4.39 Å². The summed E-state index contributed by atoms with van der Waals surface area (Å²) >= 11 is 6.23. The van der Waals surface area contributed by atoms with Crippen LogP contribution in [0.1, 0.15) is 29.0 Å². The van der Waals surface area contributed by atoms with Crippen LogP contribution in [0.25, 0.3) is 16.7 Å². The number of carbonyl (C=O) groups is 2. The van der Waals surface area contributed by atoms with Gasteiger partial charge in [-0.05, 0) is 67.9 Å². The molecule has 40 heavy (non-hydrogen) atoms. The van der Waals surface area contributed by atoms with E-state index in [4.69, 9.17) is 16.6 Å². The number of piperazine rings is 1. The van der Waals surface area contributed by atoms with Crippen molar-refractivity contribution in [2.24, 2.45) is 5.92 Å². The molecule has 0 saturated carbocycles. The van der Waals surface area contributed by atoms with Crippen molar-refractivity contribution in [1.82, 2.24) is 24.3 Å². The molecule has 7 nitrogen and oxygen atoms in total. The van der Waals surface area contributed by atoms with E-state index in [1.165, 1.54) is 12.1 Å². The summed E-state index contributed by atoms with van der Waals surface area (Å²) in [5.74, 6) is 0.559. The number of nitrogens with zero attached hydrogens (tertiary/aromatic N) is 5. The van der Waals surface area contributed by atoms with E-state index in [2.05, 4.69) is 9.47 Å². The minimum absolute atomic E-state index is 0.0921. The lowest BCUT2D eigenvalue weighted by Gasteiger charge is -2.39. The number of imidazole rings is 1. The molecule has 6 rings (SSSR count). The summed E-state index contributed by atoms with van der Waals surface area (Å²) in [4.78, 5) is 37.3. The summed E-state index contributed by atoms with van der Waals surface area (Å²) in [6, 6.07) is 21.5. The van der Waals surface area contributed by atoms with Gasteiger partial charge < -0.3 is 9.80 Å². The molecule has 0 radical (unpaired) electrons. The van der Waals surface area contributed by atoms with Crippen LogP contribution >= 0.6 is 11.6 Å². The lowest BCUT2D eigenvalue weighted by Crippen LogP contribution is -2.53. The fourth-order valence-electron chi connectivity index (χ4n) is 5.85. The summed E-state index contributed by atoms with van der Waals surface area (Å²) in [5, 5.41) is 0.446. The Morgan fingerprint density at radius 1 is 0.875 bits per heavy atom.